The van der Waals surface area contributed by atoms with Gasteiger partial charge in [0.15, 0.2) is 17.5 Å². The highest BCUT2D eigenvalue weighted by Crippen LogP contribution is 2.48. The monoisotopic (exact) mass is 442 g/mol. The minimum absolute atomic E-state index is 0.00420. The largest absolute Gasteiger partial charge is 0.494 e. The number of ether oxygens (including phenoxy) is 3. The summed E-state index contributed by atoms with van der Waals surface area (Å²) in [6.45, 7) is 0.720. The summed E-state index contributed by atoms with van der Waals surface area (Å²) >= 11 is 0. The van der Waals surface area contributed by atoms with Crippen LogP contribution in [-0.4, -0.2) is 42.2 Å². The van der Waals surface area contributed by atoms with E-state index in [2.05, 4.69) is 4.98 Å². The zero-order chi connectivity index (χ0) is 22.6. The van der Waals surface area contributed by atoms with Gasteiger partial charge in [-0.1, -0.05) is 0 Å². The first-order valence-electron chi connectivity index (χ1n) is 10.1. The fourth-order valence-electron chi connectivity index (χ4n) is 4.55. The molecule has 0 aliphatic carbocycles. The van der Waals surface area contributed by atoms with Gasteiger partial charge in [0.05, 0.1) is 32.0 Å². The van der Waals surface area contributed by atoms with E-state index in [1.54, 1.807) is 0 Å². The van der Waals surface area contributed by atoms with E-state index in [0.29, 0.717) is 35.8 Å². The molecule has 0 saturated heterocycles. The third-order valence-corrected chi connectivity index (χ3v) is 6.01. The number of fused-ring (bicyclic) bond motifs is 2. The molecule has 2 aliphatic heterocycles. The lowest BCUT2D eigenvalue weighted by atomic mass is 9.87. The van der Waals surface area contributed by atoms with Gasteiger partial charge in [-0.2, -0.15) is 0 Å². The van der Waals surface area contributed by atoms with E-state index in [1.807, 2.05) is 13.1 Å². The molecule has 10 heteroatoms. The zero-order valence-corrected chi connectivity index (χ0v) is 17.4. The number of aromatic amines is 1. The van der Waals surface area contributed by atoms with Crippen molar-refractivity contribution < 1.29 is 28.6 Å². The van der Waals surface area contributed by atoms with Crippen LogP contribution in [0.1, 0.15) is 22.7 Å². The standard InChI is InChI=1S/C22H20FN3O6/c1-25-8-7-11-9-14-18(32-10-31-14)19(30-2)15(11)17(25)16-20(27)24-22(29)26(21(16)28)13-5-3-12(23)4-6-13/h3-6,9,17,28H,7-8,10H2,1-2H3,(H,24,27,29)/p+1/t17-/m1/s1. The number of hydrogen-bond acceptors (Lipinski definition) is 6. The molecule has 0 fully saturated rings. The summed E-state index contributed by atoms with van der Waals surface area (Å²) in [5.74, 6) is 0.429. The number of aromatic nitrogens is 2. The summed E-state index contributed by atoms with van der Waals surface area (Å²) in [5, 5.41) is 11.2. The molecule has 2 atom stereocenters. The molecule has 3 heterocycles. The number of aromatic hydroxyl groups is 1. The second-order valence-corrected chi connectivity index (χ2v) is 7.80. The molecule has 0 radical (unpaired) electrons. The molecule has 0 saturated carbocycles. The topological polar surface area (TPSA) is 107 Å². The van der Waals surface area contributed by atoms with Crippen molar-refractivity contribution >= 4 is 0 Å². The lowest BCUT2D eigenvalue weighted by Crippen LogP contribution is -3.10. The summed E-state index contributed by atoms with van der Waals surface area (Å²) < 4.78 is 31.1. The van der Waals surface area contributed by atoms with Crippen LogP contribution in [0.2, 0.25) is 0 Å². The van der Waals surface area contributed by atoms with Gasteiger partial charge in [-0.15, -0.1) is 0 Å². The van der Waals surface area contributed by atoms with Gasteiger partial charge in [0, 0.05) is 6.42 Å². The Kier molecular flexibility index (Phi) is 4.66. The number of likely N-dealkylation sites (N-methyl/N-ethyl adjacent to an activating group) is 1. The minimum Gasteiger partial charge on any atom is -0.494 e. The summed E-state index contributed by atoms with van der Waals surface area (Å²) in [5.41, 5.74) is 0.282. The van der Waals surface area contributed by atoms with Crippen LogP contribution in [0.25, 0.3) is 5.69 Å². The van der Waals surface area contributed by atoms with Gasteiger partial charge in [-0.25, -0.2) is 13.8 Å². The minimum atomic E-state index is -0.825. The highest BCUT2D eigenvalue weighted by Gasteiger charge is 2.41. The quantitative estimate of drug-likeness (QED) is 0.538. The molecular formula is C22H21FN3O6+. The Bertz CT molecular complexity index is 1330. The van der Waals surface area contributed by atoms with Crippen LogP contribution in [0.15, 0.2) is 39.9 Å². The van der Waals surface area contributed by atoms with Crippen molar-refractivity contribution in [2.75, 3.05) is 27.5 Å². The molecule has 3 aromatic rings. The van der Waals surface area contributed by atoms with Crippen molar-refractivity contribution in [2.24, 2.45) is 0 Å². The molecule has 2 aliphatic rings. The number of benzene rings is 2. The number of hydrogen-bond donors (Lipinski definition) is 3. The third kappa shape index (κ3) is 2.94. The van der Waals surface area contributed by atoms with Gasteiger partial charge >= 0.3 is 5.69 Å². The highest BCUT2D eigenvalue weighted by atomic mass is 19.1. The van der Waals surface area contributed by atoms with Crippen molar-refractivity contribution in [1.82, 2.24) is 9.55 Å². The fourth-order valence-corrected chi connectivity index (χ4v) is 4.55. The van der Waals surface area contributed by atoms with Crippen LogP contribution in [0.5, 0.6) is 23.1 Å². The highest BCUT2D eigenvalue weighted by molar-refractivity contribution is 5.63. The van der Waals surface area contributed by atoms with Gasteiger partial charge in [0.1, 0.15) is 11.4 Å². The Balaban J connectivity index is 1.78. The van der Waals surface area contributed by atoms with Crippen LogP contribution in [0.4, 0.5) is 4.39 Å². The molecule has 0 amide bonds. The second kappa shape index (κ2) is 7.41. The third-order valence-electron chi connectivity index (χ3n) is 6.01. The Labute approximate surface area is 181 Å². The first-order chi connectivity index (χ1) is 15.4. The maximum absolute atomic E-state index is 13.4. The van der Waals surface area contributed by atoms with Crippen molar-refractivity contribution in [3.8, 4) is 28.8 Å². The van der Waals surface area contributed by atoms with E-state index in [-0.39, 0.29) is 18.0 Å². The normalized spacial score (nSPS) is 19.0. The Hall–Kier alpha value is -3.79. The number of quaternary nitrogens is 1. The number of nitrogens with zero attached hydrogens (tertiary/aromatic N) is 1. The van der Waals surface area contributed by atoms with Gasteiger partial charge in [0.25, 0.3) is 5.56 Å². The number of halogens is 1. The molecule has 1 aromatic heterocycles. The lowest BCUT2D eigenvalue weighted by Gasteiger charge is -2.33. The van der Waals surface area contributed by atoms with E-state index in [9.17, 15) is 19.1 Å². The van der Waals surface area contributed by atoms with Crippen LogP contribution in [0.3, 0.4) is 0 Å². The molecule has 5 rings (SSSR count). The average molecular weight is 442 g/mol. The number of rotatable bonds is 3. The van der Waals surface area contributed by atoms with E-state index < -0.39 is 29.0 Å². The Morgan fingerprint density at radius 1 is 1.22 bits per heavy atom. The molecule has 0 spiro atoms. The van der Waals surface area contributed by atoms with Gasteiger partial charge < -0.3 is 24.2 Å². The molecule has 1 unspecified atom stereocenters. The maximum atomic E-state index is 13.4. The van der Waals surface area contributed by atoms with Crippen molar-refractivity contribution in [3.05, 3.63) is 73.7 Å². The summed E-state index contributed by atoms with van der Waals surface area (Å²) in [4.78, 5) is 28.8. The molecule has 166 valence electrons. The summed E-state index contributed by atoms with van der Waals surface area (Å²) in [6, 6.07) is 6.25. The van der Waals surface area contributed by atoms with E-state index in [1.165, 1.54) is 31.4 Å². The van der Waals surface area contributed by atoms with Gasteiger partial charge in [0.2, 0.25) is 18.4 Å². The summed E-state index contributed by atoms with van der Waals surface area (Å²) in [6.07, 6.45) is 0.695. The van der Waals surface area contributed by atoms with Crippen molar-refractivity contribution in [3.63, 3.8) is 0 Å². The fraction of sp³-hybridized carbons (Fsp3) is 0.273. The van der Waals surface area contributed by atoms with E-state index >= 15 is 0 Å². The Morgan fingerprint density at radius 3 is 2.69 bits per heavy atom. The van der Waals surface area contributed by atoms with E-state index in [0.717, 1.165) is 15.0 Å². The first kappa shape index (κ1) is 20.1. The lowest BCUT2D eigenvalue weighted by molar-refractivity contribution is -0.908. The smallest absolute Gasteiger partial charge is 0.335 e. The molecule has 9 nitrogen and oxygen atoms in total. The van der Waals surface area contributed by atoms with Crippen LogP contribution >= 0.6 is 0 Å². The second-order valence-electron chi connectivity index (χ2n) is 7.80. The van der Waals surface area contributed by atoms with E-state index in [4.69, 9.17) is 14.2 Å². The predicted molar refractivity (Wildman–Crippen MR) is 111 cm³/mol. The SMILES string of the molecule is COc1c2c(cc3c1[C@H](c1c(O)n(-c4ccc(F)cc4)c(=O)[nH]c1=O)[NH+](C)CC3)OCO2. The van der Waals surface area contributed by atoms with Crippen molar-refractivity contribution in [1.29, 1.82) is 0 Å². The number of H-pyrrole nitrogens is 1. The Morgan fingerprint density at radius 2 is 1.97 bits per heavy atom. The van der Waals surface area contributed by atoms with Crippen molar-refractivity contribution in [2.45, 2.75) is 12.5 Å². The number of nitrogens with one attached hydrogen (secondary N) is 2. The predicted octanol–water partition coefficient (Wildman–Crippen LogP) is 0.268. The first-order valence-corrected chi connectivity index (χ1v) is 10.1. The average Bonchev–Trinajstić information content (AvgIpc) is 3.23. The summed E-state index contributed by atoms with van der Waals surface area (Å²) in [7, 11) is 3.39. The van der Waals surface area contributed by atoms with Crippen LogP contribution < -0.4 is 30.4 Å². The molecular weight excluding hydrogens is 421 g/mol. The molecule has 0 bridgehead atoms. The number of methoxy groups -OCH3 is 1. The zero-order valence-electron chi connectivity index (χ0n) is 17.4. The molecule has 3 N–H and O–H groups in total. The molecule has 32 heavy (non-hydrogen) atoms. The molecule has 2 aromatic carbocycles. The van der Waals surface area contributed by atoms with Gasteiger partial charge in [-0.05, 0) is 35.9 Å². The van der Waals surface area contributed by atoms with Gasteiger partial charge in [-0.3, -0.25) is 9.78 Å². The van der Waals surface area contributed by atoms with Crippen LogP contribution in [-0.2, 0) is 6.42 Å². The van der Waals surface area contributed by atoms with Crippen LogP contribution in [0, 0.1) is 5.82 Å². The maximum Gasteiger partial charge on any atom is 0.335 e.